The SMILES string of the molecule is CCOC(=O)c1nc(-c2nc3ccccc3s2)sc1CC(C)C. The van der Waals surface area contributed by atoms with Gasteiger partial charge in [-0.15, -0.1) is 22.7 Å². The molecule has 0 saturated carbocycles. The molecule has 0 aliphatic carbocycles. The van der Waals surface area contributed by atoms with Crippen LogP contribution in [0.5, 0.6) is 0 Å². The third kappa shape index (κ3) is 3.43. The van der Waals surface area contributed by atoms with E-state index in [2.05, 4.69) is 23.8 Å². The Kier molecular flexibility index (Phi) is 4.73. The largest absolute Gasteiger partial charge is 0.461 e. The molecule has 4 nitrogen and oxygen atoms in total. The van der Waals surface area contributed by atoms with Crippen molar-refractivity contribution in [1.82, 2.24) is 9.97 Å². The summed E-state index contributed by atoms with van der Waals surface area (Å²) in [5, 5.41) is 1.65. The number of para-hydroxylation sites is 1. The van der Waals surface area contributed by atoms with Crippen LogP contribution >= 0.6 is 22.7 Å². The van der Waals surface area contributed by atoms with Gasteiger partial charge in [0.15, 0.2) is 15.7 Å². The van der Waals surface area contributed by atoms with Crippen molar-refractivity contribution in [2.75, 3.05) is 6.61 Å². The zero-order chi connectivity index (χ0) is 16.4. The van der Waals surface area contributed by atoms with Gasteiger partial charge in [0.25, 0.3) is 0 Å². The number of thiazole rings is 2. The zero-order valence-electron chi connectivity index (χ0n) is 13.3. The van der Waals surface area contributed by atoms with Gasteiger partial charge in [-0.05, 0) is 31.4 Å². The number of hydrogen-bond donors (Lipinski definition) is 0. The Morgan fingerprint density at radius 2 is 1.91 bits per heavy atom. The molecule has 2 aromatic heterocycles. The number of fused-ring (bicyclic) bond motifs is 1. The fourth-order valence-corrected chi connectivity index (χ4v) is 4.52. The Labute approximate surface area is 143 Å². The lowest BCUT2D eigenvalue weighted by molar-refractivity contribution is 0.0519. The molecule has 6 heteroatoms. The van der Waals surface area contributed by atoms with Gasteiger partial charge < -0.3 is 4.74 Å². The predicted octanol–water partition coefficient (Wildman–Crippen LogP) is 4.80. The van der Waals surface area contributed by atoms with Crippen molar-refractivity contribution >= 4 is 38.9 Å². The lowest BCUT2D eigenvalue weighted by Gasteiger charge is -2.04. The van der Waals surface area contributed by atoms with Gasteiger partial charge in [0, 0.05) is 4.88 Å². The summed E-state index contributed by atoms with van der Waals surface area (Å²) >= 11 is 3.15. The summed E-state index contributed by atoms with van der Waals surface area (Å²) in [5.41, 5.74) is 1.41. The van der Waals surface area contributed by atoms with E-state index < -0.39 is 0 Å². The highest BCUT2D eigenvalue weighted by molar-refractivity contribution is 7.25. The van der Waals surface area contributed by atoms with Gasteiger partial charge in [-0.2, -0.15) is 0 Å². The first-order valence-electron chi connectivity index (χ1n) is 7.61. The Morgan fingerprint density at radius 3 is 2.61 bits per heavy atom. The summed E-state index contributed by atoms with van der Waals surface area (Å²) in [6.07, 6.45) is 0.816. The monoisotopic (exact) mass is 346 g/mol. The maximum Gasteiger partial charge on any atom is 0.358 e. The molecule has 0 bridgehead atoms. The summed E-state index contributed by atoms with van der Waals surface area (Å²) in [4.78, 5) is 22.3. The highest BCUT2D eigenvalue weighted by Crippen LogP contribution is 2.35. The Bertz CT molecular complexity index is 803. The maximum atomic E-state index is 12.2. The molecule has 0 unspecified atom stereocenters. The Balaban J connectivity index is 2.03. The lowest BCUT2D eigenvalue weighted by atomic mass is 10.1. The van der Waals surface area contributed by atoms with Gasteiger partial charge in [0.1, 0.15) is 0 Å². The fraction of sp³-hybridized carbons (Fsp3) is 0.353. The molecule has 120 valence electrons. The summed E-state index contributed by atoms with van der Waals surface area (Å²) in [5.74, 6) is 0.110. The van der Waals surface area contributed by atoms with Crippen molar-refractivity contribution in [2.45, 2.75) is 27.2 Å². The van der Waals surface area contributed by atoms with E-state index in [9.17, 15) is 4.79 Å². The van der Waals surface area contributed by atoms with Gasteiger partial charge in [-0.1, -0.05) is 26.0 Å². The average Bonchev–Trinajstić information content (AvgIpc) is 3.10. The first kappa shape index (κ1) is 16.1. The van der Waals surface area contributed by atoms with Crippen molar-refractivity contribution in [3.8, 4) is 10.0 Å². The number of nitrogens with zero attached hydrogens (tertiary/aromatic N) is 2. The summed E-state index contributed by atoms with van der Waals surface area (Å²) in [6, 6.07) is 8.01. The second kappa shape index (κ2) is 6.76. The minimum absolute atomic E-state index is 0.341. The molecule has 0 radical (unpaired) electrons. The quantitative estimate of drug-likeness (QED) is 0.623. The van der Waals surface area contributed by atoms with Crippen molar-refractivity contribution in [3.05, 3.63) is 34.8 Å². The number of rotatable bonds is 5. The van der Waals surface area contributed by atoms with Crippen LogP contribution in [0.4, 0.5) is 0 Å². The fourth-order valence-electron chi connectivity index (χ4n) is 2.27. The number of hydrogen-bond acceptors (Lipinski definition) is 6. The van der Waals surface area contributed by atoms with Crippen molar-refractivity contribution < 1.29 is 9.53 Å². The van der Waals surface area contributed by atoms with E-state index in [0.717, 1.165) is 31.5 Å². The van der Waals surface area contributed by atoms with Gasteiger partial charge >= 0.3 is 5.97 Å². The van der Waals surface area contributed by atoms with Crippen LogP contribution in [0.2, 0.25) is 0 Å². The van der Waals surface area contributed by atoms with Crippen molar-refractivity contribution in [3.63, 3.8) is 0 Å². The van der Waals surface area contributed by atoms with Crippen LogP contribution in [0.15, 0.2) is 24.3 Å². The highest BCUT2D eigenvalue weighted by atomic mass is 32.1. The van der Waals surface area contributed by atoms with Crippen molar-refractivity contribution in [1.29, 1.82) is 0 Å². The summed E-state index contributed by atoms with van der Waals surface area (Å²) in [7, 11) is 0. The minimum atomic E-state index is -0.341. The number of aromatic nitrogens is 2. The number of ether oxygens (including phenoxy) is 1. The first-order chi connectivity index (χ1) is 11.1. The maximum absolute atomic E-state index is 12.2. The highest BCUT2D eigenvalue weighted by Gasteiger charge is 2.22. The van der Waals surface area contributed by atoms with E-state index in [1.165, 1.54) is 0 Å². The number of esters is 1. The van der Waals surface area contributed by atoms with Crippen molar-refractivity contribution in [2.24, 2.45) is 5.92 Å². The molecular weight excluding hydrogens is 328 g/mol. The van der Waals surface area contributed by atoms with Gasteiger partial charge in [-0.25, -0.2) is 14.8 Å². The lowest BCUT2D eigenvalue weighted by Crippen LogP contribution is -2.08. The summed E-state index contributed by atoms with van der Waals surface area (Å²) < 4.78 is 6.27. The molecule has 0 aliphatic heterocycles. The third-order valence-corrected chi connectivity index (χ3v) is 5.49. The Hall–Kier alpha value is -1.79. The molecule has 0 amide bonds. The van der Waals surface area contributed by atoms with E-state index in [1.54, 1.807) is 29.6 Å². The molecule has 1 aromatic carbocycles. The Morgan fingerprint density at radius 1 is 1.17 bits per heavy atom. The van der Waals surface area contributed by atoms with E-state index in [0.29, 0.717) is 18.2 Å². The van der Waals surface area contributed by atoms with Gasteiger partial charge in [0.05, 0.1) is 16.8 Å². The standard InChI is InChI=1S/C17H18N2O2S2/c1-4-21-17(20)14-13(9-10(2)3)23-16(19-14)15-18-11-7-5-6-8-12(11)22-15/h5-8,10H,4,9H2,1-3H3. The predicted molar refractivity (Wildman–Crippen MR) is 95.2 cm³/mol. The molecule has 0 fully saturated rings. The van der Waals surface area contributed by atoms with E-state index in [4.69, 9.17) is 4.74 Å². The molecule has 3 aromatic rings. The minimum Gasteiger partial charge on any atom is -0.461 e. The molecule has 3 rings (SSSR count). The molecular formula is C17H18N2O2S2. The smallest absolute Gasteiger partial charge is 0.358 e. The van der Waals surface area contributed by atoms with E-state index in [1.807, 2.05) is 24.3 Å². The van der Waals surface area contributed by atoms with Crippen LogP contribution in [0.1, 0.15) is 36.1 Å². The number of carbonyl (C=O) groups excluding carboxylic acids is 1. The van der Waals surface area contributed by atoms with E-state index in [-0.39, 0.29) is 5.97 Å². The van der Waals surface area contributed by atoms with Crippen LogP contribution in [0, 0.1) is 5.92 Å². The molecule has 0 spiro atoms. The second-order valence-electron chi connectivity index (χ2n) is 5.60. The normalized spacial score (nSPS) is 11.3. The molecule has 0 saturated heterocycles. The van der Waals surface area contributed by atoms with E-state index >= 15 is 0 Å². The topological polar surface area (TPSA) is 52.1 Å². The first-order valence-corrected chi connectivity index (χ1v) is 9.24. The van der Waals surface area contributed by atoms with Crippen LogP contribution in [-0.4, -0.2) is 22.5 Å². The molecule has 0 N–H and O–H groups in total. The zero-order valence-corrected chi connectivity index (χ0v) is 15.0. The second-order valence-corrected chi connectivity index (χ2v) is 7.71. The van der Waals surface area contributed by atoms with Gasteiger partial charge in [0.2, 0.25) is 0 Å². The van der Waals surface area contributed by atoms with Gasteiger partial charge in [-0.3, -0.25) is 0 Å². The number of carbonyl (C=O) groups is 1. The third-order valence-electron chi connectivity index (χ3n) is 3.24. The molecule has 2 heterocycles. The molecule has 0 aliphatic rings. The molecule has 23 heavy (non-hydrogen) atoms. The average molecular weight is 346 g/mol. The molecule has 0 atom stereocenters. The van der Waals surface area contributed by atoms with Crippen LogP contribution in [0.3, 0.4) is 0 Å². The van der Waals surface area contributed by atoms with Crippen LogP contribution < -0.4 is 0 Å². The van der Waals surface area contributed by atoms with Crippen LogP contribution in [-0.2, 0) is 11.2 Å². The number of benzene rings is 1. The van der Waals surface area contributed by atoms with Crippen LogP contribution in [0.25, 0.3) is 20.2 Å². The summed E-state index contributed by atoms with van der Waals surface area (Å²) in [6.45, 7) is 6.42.